The van der Waals surface area contributed by atoms with E-state index in [0.29, 0.717) is 0 Å². The van der Waals surface area contributed by atoms with Gasteiger partial charge in [0.2, 0.25) is 0 Å². The van der Waals surface area contributed by atoms with E-state index in [2.05, 4.69) is 0 Å². The van der Waals surface area contributed by atoms with E-state index in [4.69, 9.17) is 9.47 Å². The Hall–Kier alpha value is -2.38. The van der Waals surface area contributed by atoms with Crippen molar-refractivity contribution >= 4 is 11.8 Å². The fraction of sp³-hybridized carbons (Fsp3) is 0.533. The molecule has 0 radical (unpaired) electrons. The molecule has 23 heavy (non-hydrogen) atoms. The summed E-state index contributed by atoms with van der Waals surface area (Å²) in [5.74, 6) is 0.192. The third-order valence-corrected chi connectivity index (χ3v) is 3.17. The lowest BCUT2D eigenvalue weighted by Gasteiger charge is -2.24. The monoisotopic (exact) mass is 326 g/mol. The van der Waals surface area contributed by atoms with Crippen molar-refractivity contribution in [1.82, 2.24) is 4.90 Å². The first-order valence-electron chi connectivity index (χ1n) is 7.19. The Bertz CT molecular complexity index is 602. The van der Waals surface area contributed by atoms with Gasteiger partial charge in [-0.2, -0.15) is 0 Å². The molecular formula is C15H19FN2O5. The number of ether oxygens (including phenoxy) is 2. The fourth-order valence-corrected chi connectivity index (χ4v) is 2.17. The Kier molecular flexibility index (Phi) is 4.72. The first-order chi connectivity index (χ1) is 10.7. The maximum Gasteiger partial charge on any atom is 0.410 e. The van der Waals surface area contributed by atoms with Crippen LogP contribution in [0.1, 0.15) is 20.8 Å². The Morgan fingerprint density at radius 2 is 2.09 bits per heavy atom. The van der Waals surface area contributed by atoms with E-state index in [-0.39, 0.29) is 24.5 Å². The lowest BCUT2D eigenvalue weighted by molar-refractivity contribution is -0.385. The first-order valence-corrected chi connectivity index (χ1v) is 7.19. The number of non-ortho nitro benzene ring substituents is 1. The van der Waals surface area contributed by atoms with Crippen LogP contribution >= 0.6 is 0 Å². The van der Waals surface area contributed by atoms with Crippen molar-refractivity contribution in [2.75, 3.05) is 13.1 Å². The number of carbonyl (C=O) groups excluding carboxylic acids is 1. The van der Waals surface area contributed by atoms with Crippen LogP contribution in [0.25, 0.3) is 0 Å². The molecule has 0 aliphatic carbocycles. The van der Waals surface area contributed by atoms with Gasteiger partial charge in [0.05, 0.1) is 24.1 Å². The van der Waals surface area contributed by atoms with Gasteiger partial charge < -0.3 is 14.4 Å². The van der Waals surface area contributed by atoms with E-state index >= 15 is 0 Å². The molecule has 1 aromatic rings. The highest BCUT2D eigenvalue weighted by atomic mass is 19.1. The number of amides is 1. The number of hydrogen-bond donors (Lipinski definition) is 0. The lowest BCUT2D eigenvalue weighted by Crippen LogP contribution is -2.36. The summed E-state index contributed by atoms with van der Waals surface area (Å²) in [5, 5.41) is 10.7. The molecule has 0 aromatic heterocycles. The summed E-state index contributed by atoms with van der Waals surface area (Å²) in [5.41, 5.74) is -0.804. The minimum Gasteiger partial charge on any atom is -0.485 e. The van der Waals surface area contributed by atoms with Crippen molar-refractivity contribution in [3.8, 4) is 5.75 Å². The molecule has 1 aliphatic heterocycles. The van der Waals surface area contributed by atoms with E-state index in [1.54, 1.807) is 20.8 Å². The van der Waals surface area contributed by atoms with Gasteiger partial charge in [0.25, 0.3) is 5.69 Å². The summed E-state index contributed by atoms with van der Waals surface area (Å²) in [4.78, 5) is 23.4. The van der Waals surface area contributed by atoms with E-state index in [0.717, 1.165) is 0 Å². The van der Waals surface area contributed by atoms with E-state index in [1.165, 1.54) is 29.2 Å². The zero-order valence-electron chi connectivity index (χ0n) is 13.2. The predicted molar refractivity (Wildman–Crippen MR) is 80.2 cm³/mol. The topological polar surface area (TPSA) is 81.9 Å². The number of rotatable bonds is 3. The van der Waals surface area contributed by atoms with Crippen LogP contribution in [0.5, 0.6) is 5.75 Å². The summed E-state index contributed by atoms with van der Waals surface area (Å²) >= 11 is 0. The van der Waals surface area contributed by atoms with Crippen LogP contribution in [0, 0.1) is 10.1 Å². The van der Waals surface area contributed by atoms with Crippen molar-refractivity contribution in [3.63, 3.8) is 0 Å². The van der Waals surface area contributed by atoms with Crippen LogP contribution in [-0.2, 0) is 4.74 Å². The molecule has 1 fully saturated rings. The molecule has 7 nitrogen and oxygen atoms in total. The summed E-state index contributed by atoms with van der Waals surface area (Å²) < 4.78 is 24.7. The van der Waals surface area contributed by atoms with Crippen LogP contribution in [0.4, 0.5) is 14.9 Å². The van der Waals surface area contributed by atoms with Crippen LogP contribution in [0.3, 0.4) is 0 Å². The SMILES string of the molecule is CC(C)(C)OC(=O)N1CC(F)C(Oc2cccc([N+](=O)[O-])c2)C1. The molecule has 1 amide bonds. The molecule has 0 bridgehead atoms. The third kappa shape index (κ3) is 4.54. The highest BCUT2D eigenvalue weighted by Crippen LogP contribution is 2.25. The molecule has 0 spiro atoms. The van der Waals surface area contributed by atoms with Gasteiger partial charge in [0.1, 0.15) is 17.5 Å². The Morgan fingerprint density at radius 3 is 2.70 bits per heavy atom. The zero-order chi connectivity index (χ0) is 17.2. The molecule has 1 heterocycles. The number of nitrogens with zero attached hydrogens (tertiary/aromatic N) is 2. The molecule has 2 atom stereocenters. The molecule has 126 valence electrons. The lowest BCUT2D eigenvalue weighted by atomic mass is 10.2. The molecule has 1 aliphatic rings. The quantitative estimate of drug-likeness (QED) is 0.630. The maximum absolute atomic E-state index is 14.1. The Labute approximate surface area is 133 Å². The molecule has 0 saturated carbocycles. The molecule has 1 aromatic carbocycles. The maximum atomic E-state index is 14.1. The second kappa shape index (κ2) is 6.39. The number of halogens is 1. The number of nitro groups is 1. The van der Waals surface area contributed by atoms with Crippen LogP contribution in [0.15, 0.2) is 24.3 Å². The Morgan fingerprint density at radius 1 is 1.39 bits per heavy atom. The van der Waals surface area contributed by atoms with E-state index in [9.17, 15) is 19.3 Å². The van der Waals surface area contributed by atoms with E-state index in [1.807, 2.05) is 0 Å². The standard InChI is InChI=1S/C15H19FN2O5/c1-15(2,3)23-14(19)17-8-12(16)13(9-17)22-11-6-4-5-10(7-11)18(20)21/h4-7,12-13H,8-9H2,1-3H3. The Balaban J connectivity index is 2.01. The number of carbonyl (C=O) groups is 1. The summed E-state index contributed by atoms with van der Waals surface area (Å²) in [6, 6.07) is 5.52. The average molecular weight is 326 g/mol. The van der Waals surface area contributed by atoms with Gasteiger partial charge in [0.15, 0.2) is 6.17 Å². The summed E-state index contributed by atoms with van der Waals surface area (Å²) in [6.45, 7) is 5.08. The molecule has 2 unspecified atom stereocenters. The minimum absolute atomic E-state index is 0.0266. The van der Waals surface area contributed by atoms with Gasteiger partial charge in [-0.15, -0.1) is 0 Å². The van der Waals surface area contributed by atoms with Gasteiger partial charge in [0, 0.05) is 6.07 Å². The second-order valence-electron chi connectivity index (χ2n) is 6.31. The second-order valence-corrected chi connectivity index (χ2v) is 6.31. The minimum atomic E-state index is -1.39. The molecular weight excluding hydrogens is 307 g/mol. The van der Waals surface area contributed by atoms with Crippen LogP contribution < -0.4 is 4.74 Å². The molecule has 8 heteroatoms. The van der Waals surface area contributed by atoms with Crippen molar-refractivity contribution in [2.45, 2.75) is 38.6 Å². The highest BCUT2D eigenvalue weighted by Gasteiger charge is 2.39. The fourth-order valence-electron chi connectivity index (χ4n) is 2.17. The average Bonchev–Trinajstić information content (AvgIpc) is 2.79. The van der Waals surface area contributed by atoms with E-state index < -0.39 is 28.9 Å². The molecule has 2 rings (SSSR count). The smallest absolute Gasteiger partial charge is 0.410 e. The van der Waals surface area contributed by atoms with Crippen molar-refractivity contribution in [1.29, 1.82) is 0 Å². The van der Waals surface area contributed by atoms with Gasteiger partial charge in [-0.05, 0) is 26.8 Å². The third-order valence-electron chi connectivity index (χ3n) is 3.17. The summed E-state index contributed by atoms with van der Waals surface area (Å²) in [6.07, 6.45) is -2.88. The first kappa shape index (κ1) is 17.0. The van der Waals surface area contributed by atoms with Gasteiger partial charge in [-0.1, -0.05) is 6.07 Å². The van der Waals surface area contributed by atoms with Crippen molar-refractivity contribution in [3.05, 3.63) is 34.4 Å². The predicted octanol–water partition coefficient (Wildman–Crippen LogP) is 2.93. The number of nitro benzene ring substituents is 1. The van der Waals surface area contributed by atoms with Gasteiger partial charge >= 0.3 is 6.09 Å². The van der Waals surface area contributed by atoms with Crippen LogP contribution in [0.2, 0.25) is 0 Å². The van der Waals surface area contributed by atoms with Crippen molar-refractivity contribution < 1.29 is 23.6 Å². The normalized spacial score (nSPS) is 21.1. The number of alkyl halides is 1. The van der Waals surface area contributed by atoms with Gasteiger partial charge in [-0.3, -0.25) is 10.1 Å². The number of hydrogen-bond acceptors (Lipinski definition) is 5. The summed E-state index contributed by atoms with van der Waals surface area (Å²) in [7, 11) is 0. The zero-order valence-corrected chi connectivity index (χ0v) is 13.2. The largest absolute Gasteiger partial charge is 0.485 e. The highest BCUT2D eigenvalue weighted by molar-refractivity contribution is 5.68. The van der Waals surface area contributed by atoms with Crippen LogP contribution in [-0.4, -0.2) is 46.9 Å². The van der Waals surface area contributed by atoms with Crippen molar-refractivity contribution in [2.24, 2.45) is 0 Å². The molecule has 1 saturated heterocycles. The number of benzene rings is 1. The van der Waals surface area contributed by atoms with Gasteiger partial charge in [-0.25, -0.2) is 9.18 Å². The number of likely N-dealkylation sites (tertiary alicyclic amines) is 1. The molecule has 0 N–H and O–H groups in total.